The highest BCUT2D eigenvalue weighted by molar-refractivity contribution is 6.30. The van der Waals surface area contributed by atoms with Crippen molar-refractivity contribution in [2.24, 2.45) is 5.92 Å². The van der Waals surface area contributed by atoms with E-state index in [2.05, 4.69) is 17.3 Å². The maximum atomic E-state index is 14.4. The van der Waals surface area contributed by atoms with Gasteiger partial charge in [-0.05, 0) is 57.3 Å². The molecule has 0 bridgehead atoms. The predicted octanol–water partition coefficient (Wildman–Crippen LogP) is 4.00. The van der Waals surface area contributed by atoms with Crippen LogP contribution in [0, 0.1) is 11.7 Å². The minimum absolute atomic E-state index is 0.149. The summed E-state index contributed by atoms with van der Waals surface area (Å²) in [5.41, 5.74) is 0.798. The molecule has 1 heterocycles. The van der Waals surface area contributed by atoms with Gasteiger partial charge in [-0.2, -0.15) is 0 Å². The first kappa shape index (κ1) is 15.3. The summed E-state index contributed by atoms with van der Waals surface area (Å²) in [5.74, 6) is 0.298. The fourth-order valence-corrected chi connectivity index (χ4v) is 3.64. The van der Waals surface area contributed by atoms with E-state index in [-0.39, 0.29) is 11.9 Å². The molecule has 2 unspecified atom stereocenters. The molecule has 1 saturated heterocycles. The van der Waals surface area contributed by atoms with Gasteiger partial charge in [0.25, 0.3) is 0 Å². The number of hydrogen-bond donors (Lipinski definition) is 1. The SMILES string of the molecule is CN1CCCCC(CNC2CC2)C1c1ccc(Cl)cc1F. The summed E-state index contributed by atoms with van der Waals surface area (Å²) in [4.78, 5) is 2.32. The standard InChI is InChI=1S/C17H24ClFN2/c1-21-9-3-2-4-12(11-20-14-6-7-14)17(21)15-8-5-13(18)10-16(15)19/h5,8,10,12,14,17,20H,2-4,6-7,9,11H2,1H3. The highest BCUT2D eigenvalue weighted by Crippen LogP contribution is 2.36. The van der Waals surface area contributed by atoms with Gasteiger partial charge in [0, 0.05) is 29.2 Å². The lowest BCUT2D eigenvalue weighted by Crippen LogP contribution is -2.36. The van der Waals surface area contributed by atoms with Crippen molar-refractivity contribution in [3.05, 3.63) is 34.6 Å². The lowest BCUT2D eigenvalue weighted by molar-refractivity contribution is 0.184. The van der Waals surface area contributed by atoms with Crippen molar-refractivity contribution in [1.82, 2.24) is 10.2 Å². The second-order valence-electron chi connectivity index (χ2n) is 6.53. The average Bonchev–Trinajstić information content (AvgIpc) is 3.26. The summed E-state index contributed by atoms with van der Waals surface area (Å²) in [6.45, 7) is 2.02. The molecule has 0 aromatic heterocycles. The van der Waals surface area contributed by atoms with Gasteiger partial charge in [0.2, 0.25) is 0 Å². The fraction of sp³-hybridized carbons (Fsp3) is 0.647. The highest BCUT2D eigenvalue weighted by Gasteiger charge is 2.32. The number of likely N-dealkylation sites (tertiary alicyclic amines) is 1. The topological polar surface area (TPSA) is 15.3 Å². The van der Waals surface area contributed by atoms with Crippen LogP contribution in [0.4, 0.5) is 4.39 Å². The van der Waals surface area contributed by atoms with Crippen molar-refractivity contribution in [2.45, 2.75) is 44.2 Å². The number of hydrogen-bond acceptors (Lipinski definition) is 2. The Morgan fingerprint density at radius 1 is 1.29 bits per heavy atom. The van der Waals surface area contributed by atoms with E-state index in [1.807, 2.05) is 12.1 Å². The van der Waals surface area contributed by atoms with E-state index < -0.39 is 0 Å². The van der Waals surface area contributed by atoms with Gasteiger partial charge in [0.1, 0.15) is 5.82 Å². The number of nitrogens with one attached hydrogen (secondary N) is 1. The Bertz CT molecular complexity index is 490. The summed E-state index contributed by atoms with van der Waals surface area (Å²) in [6, 6.07) is 5.98. The second kappa shape index (κ2) is 6.64. The molecule has 116 valence electrons. The van der Waals surface area contributed by atoms with E-state index in [4.69, 9.17) is 11.6 Å². The highest BCUT2D eigenvalue weighted by atomic mass is 35.5. The monoisotopic (exact) mass is 310 g/mol. The molecule has 2 aliphatic rings. The minimum Gasteiger partial charge on any atom is -0.314 e. The Balaban J connectivity index is 1.83. The Labute approximate surface area is 131 Å². The quantitative estimate of drug-likeness (QED) is 0.904. The lowest BCUT2D eigenvalue weighted by Gasteiger charge is -2.33. The van der Waals surface area contributed by atoms with Crippen LogP contribution < -0.4 is 5.32 Å². The van der Waals surface area contributed by atoms with Crippen molar-refractivity contribution >= 4 is 11.6 Å². The molecule has 1 N–H and O–H groups in total. The second-order valence-corrected chi connectivity index (χ2v) is 6.97. The fourth-order valence-electron chi connectivity index (χ4n) is 3.48. The summed E-state index contributed by atoms with van der Waals surface area (Å²) in [5, 5.41) is 4.10. The summed E-state index contributed by atoms with van der Waals surface area (Å²) in [6.07, 6.45) is 6.18. The molecule has 0 spiro atoms. The maximum absolute atomic E-state index is 14.4. The molecule has 0 amide bonds. The first-order valence-electron chi connectivity index (χ1n) is 8.03. The number of nitrogens with zero attached hydrogens (tertiary/aromatic N) is 1. The smallest absolute Gasteiger partial charge is 0.129 e. The van der Waals surface area contributed by atoms with E-state index in [1.54, 1.807) is 0 Å². The number of halogens is 2. The molecular weight excluding hydrogens is 287 g/mol. The van der Waals surface area contributed by atoms with E-state index >= 15 is 0 Å². The van der Waals surface area contributed by atoms with Crippen molar-refractivity contribution < 1.29 is 4.39 Å². The van der Waals surface area contributed by atoms with Gasteiger partial charge < -0.3 is 5.32 Å². The first-order chi connectivity index (χ1) is 10.1. The van der Waals surface area contributed by atoms with Gasteiger partial charge in [0.05, 0.1) is 0 Å². The Morgan fingerprint density at radius 3 is 2.81 bits per heavy atom. The largest absolute Gasteiger partial charge is 0.314 e. The summed E-state index contributed by atoms with van der Waals surface area (Å²) in [7, 11) is 2.12. The Morgan fingerprint density at radius 2 is 2.10 bits per heavy atom. The van der Waals surface area contributed by atoms with Gasteiger partial charge in [-0.1, -0.05) is 24.1 Å². The molecule has 1 saturated carbocycles. The lowest BCUT2D eigenvalue weighted by atomic mass is 9.89. The van der Waals surface area contributed by atoms with Crippen molar-refractivity contribution in [2.75, 3.05) is 20.1 Å². The average molecular weight is 311 g/mol. The van der Waals surface area contributed by atoms with Crippen molar-refractivity contribution in [3.63, 3.8) is 0 Å². The van der Waals surface area contributed by atoms with Gasteiger partial charge in [-0.25, -0.2) is 4.39 Å². The Hall–Kier alpha value is -0.640. The molecule has 1 aliphatic heterocycles. The van der Waals surface area contributed by atoms with Crippen LogP contribution in [0.25, 0.3) is 0 Å². The summed E-state index contributed by atoms with van der Waals surface area (Å²) < 4.78 is 14.4. The zero-order chi connectivity index (χ0) is 14.8. The van der Waals surface area contributed by atoms with E-state index in [1.165, 1.54) is 31.7 Å². The summed E-state index contributed by atoms with van der Waals surface area (Å²) >= 11 is 5.91. The van der Waals surface area contributed by atoms with Crippen LogP contribution in [0.2, 0.25) is 5.02 Å². The van der Waals surface area contributed by atoms with Gasteiger partial charge in [-0.15, -0.1) is 0 Å². The molecule has 3 rings (SSSR count). The molecule has 21 heavy (non-hydrogen) atoms. The predicted molar refractivity (Wildman–Crippen MR) is 85.1 cm³/mol. The number of benzene rings is 1. The Kier molecular flexibility index (Phi) is 4.82. The molecule has 0 radical (unpaired) electrons. The van der Waals surface area contributed by atoms with E-state index in [0.29, 0.717) is 17.0 Å². The molecule has 1 aromatic rings. The van der Waals surface area contributed by atoms with Gasteiger partial charge in [-0.3, -0.25) is 4.90 Å². The molecule has 4 heteroatoms. The van der Waals surface area contributed by atoms with E-state index in [0.717, 1.165) is 25.1 Å². The third-order valence-corrected chi connectivity index (χ3v) is 5.02. The van der Waals surface area contributed by atoms with Crippen LogP contribution in [-0.4, -0.2) is 31.1 Å². The van der Waals surface area contributed by atoms with E-state index in [9.17, 15) is 4.39 Å². The molecule has 2 fully saturated rings. The first-order valence-corrected chi connectivity index (χ1v) is 8.41. The van der Waals surface area contributed by atoms with Crippen LogP contribution in [0.3, 0.4) is 0 Å². The maximum Gasteiger partial charge on any atom is 0.129 e. The van der Waals surface area contributed by atoms with Crippen molar-refractivity contribution in [3.8, 4) is 0 Å². The van der Waals surface area contributed by atoms with Crippen LogP contribution in [0.1, 0.15) is 43.7 Å². The van der Waals surface area contributed by atoms with Crippen molar-refractivity contribution in [1.29, 1.82) is 0 Å². The van der Waals surface area contributed by atoms with Crippen LogP contribution in [0.5, 0.6) is 0 Å². The third-order valence-electron chi connectivity index (χ3n) is 4.78. The molecule has 1 aromatic carbocycles. The third kappa shape index (κ3) is 3.77. The van der Waals surface area contributed by atoms with Crippen LogP contribution >= 0.6 is 11.6 Å². The molecular formula is C17H24ClFN2. The zero-order valence-corrected chi connectivity index (χ0v) is 13.4. The normalized spacial score (nSPS) is 27.6. The molecule has 1 aliphatic carbocycles. The molecule has 2 atom stereocenters. The van der Waals surface area contributed by atoms with Crippen LogP contribution in [0.15, 0.2) is 18.2 Å². The van der Waals surface area contributed by atoms with Gasteiger partial charge in [0.15, 0.2) is 0 Å². The van der Waals surface area contributed by atoms with Crippen LogP contribution in [-0.2, 0) is 0 Å². The molecule has 2 nitrogen and oxygen atoms in total. The van der Waals surface area contributed by atoms with Gasteiger partial charge >= 0.3 is 0 Å². The number of rotatable bonds is 4. The zero-order valence-electron chi connectivity index (χ0n) is 12.6. The minimum atomic E-state index is -0.169.